The highest BCUT2D eigenvalue weighted by molar-refractivity contribution is 5.70. The lowest BCUT2D eigenvalue weighted by Gasteiger charge is -2.37. The van der Waals surface area contributed by atoms with Crippen LogP contribution < -0.4 is 14.2 Å². The maximum Gasteiger partial charge on any atom is 0.307 e. The average Bonchev–Trinajstić information content (AvgIpc) is 3.16. The molecule has 2 unspecified atom stereocenters. The second-order valence-electron chi connectivity index (χ2n) is 6.96. The van der Waals surface area contributed by atoms with Gasteiger partial charge >= 0.3 is 5.97 Å². The van der Waals surface area contributed by atoms with Gasteiger partial charge in [-0.05, 0) is 54.8 Å². The fourth-order valence-corrected chi connectivity index (χ4v) is 3.95. The van der Waals surface area contributed by atoms with Crippen molar-refractivity contribution in [1.82, 2.24) is 4.90 Å². The molecule has 27 heavy (non-hydrogen) atoms. The number of hydrogen-bond acceptors (Lipinski definition) is 5. The first-order chi connectivity index (χ1) is 13.2. The van der Waals surface area contributed by atoms with Crippen molar-refractivity contribution in [3.8, 4) is 17.2 Å². The van der Waals surface area contributed by atoms with E-state index in [4.69, 9.17) is 14.2 Å². The van der Waals surface area contributed by atoms with E-state index in [0.717, 1.165) is 47.8 Å². The molecule has 0 radical (unpaired) electrons. The number of fused-ring (bicyclic) bond motifs is 1. The molecule has 2 heterocycles. The lowest BCUT2D eigenvalue weighted by Crippen LogP contribution is -2.41. The van der Waals surface area contributed by atoms with Gasteiger partial charge in [0.15, 0.2) is 11.5 Å². The number of benzene rings is 2. The van der Waals surface area contributed by atoms with E-state index in [0.29, 0.717) is 6.54 Å². The van der Waals surface area contributed by atoms with Crippen molar-refractivity contribution in [3.05, 3.63) is 53.6 Å². The van der Waals surface area contributed by atoms with Gasteiger partial charge in [0.05, 0.1) is 19.1 Å². The maximum absolute atomic E-state index is 11.6. The van der Waals surface area contributed by atoms with Crippen LogP contribution in [-0.2, 0) is 4.79 Å². The molecule has 0 saturated carbocycles. The molecule has 2 aliphatic rings. The van der Waals surface area contributed by atoms with Crippen LogP contribution in [0.4, 0.5) is 0 Å². The summed E-state index contributed by atoms with van der Waals surface area (Å²) in [5.74, 6) is 1.18. The molecule has 1 N–H and O–H groups in total. The zero-order chi connectivity index (χ0) is 18.8. The van der Waals surface area contributed by atoms with Gasteiger partial charge in [-0.15, -0.1) is 0 Å². The molecule has 1 saturated heterocycles. The Morgan fingerprint density at radius 3 is 2.81 bits per heavy atom. The standard InChI is InChI=1S/C21H23NO5/c1-25-17-6-2-4-14(10-17)20(22-9-3-5-16(12-22)21(23)24)15-7-8-18-19(11-15)27-13-26-18/h2,4,6-8,10-11,16,20H,3,5,9,12-13H2,1H3,(H,23,24). The Morgan fingerprint density at radius 1 is 1.19 bits per heavy atom. The fraction of sp³-hybridized carbons (Fsp3) is 0.381. The first-order valence-corrected chi connectivity index (χ1v) is 9.16. The zero-order valence-electron chi connectivity index (χ0n) is 15.3. The van der Waals surface area contributed by atoms with Crippen molar-refractivity contribution < 1.29 is 24.1 Å². The third kappa shape index (κ3) is 3.57. The van der Waals surface area contributed by atoms with Crippen LogP contribution in [0.2, 0.25) is 0 Å². The summed E-state index contributed by atoms with van der Waals surface area (Å²) in [6, 6.07) is 13.8. The number of carbonyl (C=O) groups is 1. The molecule has 6 heteroatoms. The lowest BCUT2D eigenvalue weighted by molar-refractivity contribution is -0.143. The summed E-state index contributed by atoms with van der Waals surface area (Å²) in [7, 11) is 1.65. The number of nitrogens with zero attached hydrogens (tertiary/aromatic N) is 1. The lowest BCUT2D eigenvalue weighted by atomic mass is 9.91. The number of ether oxygens (including phenoxy) is 3. The molecule has 0 amide bonds. The van der Waals surface area contributed by atoms with Crippen LogP contribution in [0.5, 0.6) is 17.2 Å². The van der Waals surface area contributed by atoms with Crippen LogP contribution in [0.15, 0.2) is 42.5 Å². The summed E-state index contributed by atoms with van der Waals surface area (Å²) in [5, 5.41) is 9.50. The van der Waals surface area contributed by atoms with E-state index in [2.05, 4.69) is 11.0 Å². The van der Waals surface area contributed by atoms with Gasteiger partial charge < -0.3 is 19.3 Å². The van der Waals surface area contributed by atoms with Crippen molar-refractivity contribution in [2.24, 2.45) is 5.92 Å². The van der Waals surface area contributed by atoms with Gasteiger partial charge in [-0.1, -0.05) is 18.2 Å². The van der Waals surface area contributed by atoms with Gasteiger partial charge in [0.2, 0.25) is 6.79 Å². The minimum absolute atomic E-state index is 0.0725. The summed E-state index contributed by atoms with van der Waals surface area (Å²) in [6.45, 7) is 1.60. The van der Waals surface area contributed by atoms with Crippen molar-refractivity contribution in [2.45, 2.75) is 18.9 Å². The van der Waals surface area contributed by atoms with Crippen LogP contribution in [0.1, 0.15) is 30.0 Å². The summed E-state index contributed by atoms with van der Waals surface area (Å²) in [6.07, 6.45) is 1.58. The van der Waals surface area contributed by atoms with Crippen molar-refractivity contribution in [1.29, 1.82) is 0 Å². The number of hydrogen-bond donors (Lipinski definition) is 1. The summed E-state index contributed by atoms with van der Waals surface area (Å²) < 4.78 is 16.4. The molecule has 0 aromatic heterocycles. The monoisotopic (exact) mass is 369 g/mol. The first-order valence-electron chi connectivity index (χ1n) is 9.16. The quantitative estimate of drug-likeness (QED) is 0.872. The Hall–Kier alpha value is -2.73. The van der Waals surface area contributed by atoms with Gasteiger partial charge in [-0.3, -0.25) is 9.69 Å². The second-order valence-corrected chi connectivity index (χ2v) is 6.96. The van der Waals surface area contributed by atoms with E-state index in [1.54, 1.807) is 7.11 Å². The fourth-order valence-electron chi connectivity index (χ4n) is 3.95. The Labute approximate surface area is 158 Å². The van der Waals surface area contributed by atoms with Crippen LogP contribution in [0.25, 0.3) is 0 Å². The second kappa shape index (κ2) is 7.48. The largest absolute Gasteiger partial charge is 0.497 e. The van der Waals surface area contributed by atoms with Crippen molar-refractivity contribution in [3.63, 3.8) is 0 Å². The molecule has 0 bridgehead atoms. The smallest absolute Gasteiger partial charge is 0.307 e. The molecule has 6 nitrogen and oxygen atoms in total. The number of piperidine rings is 1. The number of carboxylic acid groups (broad SMARTS) is 1. The predicted octanol–water partition coefficient (Wildman–Crippen LogP) is 3.31. The van der Waals surface area contributed by atoms with E-state index < -0.39 is 5.97 Å². The molecular formula is C21H23NO5. The molecular weight excluding hydrogens is 346 g/mol. The van der Waals surface area contributed by atoms with E-state index in [1.165, 1.54) is 0 Å². The van der Waals surface area contributed by atoms with Crippen molar-refractivity contribution >= 4 is 5.97 Å². The van der Waals surface area contributed by atoms with Gasteiger partial charge in [0, 0.05) is 6.54 Å². The van der Waals surface area contributed by atoms with E-state index in [-0.39, 0.29) is 18.8 Å². The normalized spacial score (nSPS) is 20.3. The molecule has 0 spiro atoms. The van der Waals surface area contributed by atoms with Crippen molar-refractivity contribution in [2.75, 3.05) is 27.0 Å². The molecule has 0 aliphatic carbocycles. The number of rotatable bonds is 5. The van der Waals surface area contributed by atoms with E-state index >= 15 is 0 Å². The van der Waals surface area contributed by atoms with E-state index in [1.807, 2.05) is 36.4 Å². The van der Waals surface area contributed by atoms with Crippen LogP contribution in [-0.4, -0.2) is 43.0 Å². The van der Waals surface area contributed by atoms with Crippen LogP contribution in [0, 0.1) is 5.92 Å². The molecule has 2 atom stereocenters. The summed E-state index contributed by atoms with van der Waals surface area (Å²) >= 11 is 0. The SMILES string of the molecule is COc1cccc(C(c2ccc3c(c2)OCO3)N2CCCC(C(=O)O)C2)c1. The molecule has 2 aromatic rings. The number of carboxylic acids is 1. The Morgan fingerprint density at radius 2 is 2.00 bits per heavy atom. The van der Waals surface area contributed by atoms with Crippen LogP contribution in [0.3, 0.4) is 0 Å². The Balaban J connectivity index is 1.74. The highest BCUT2D eigenvalue weighted by Crippen LogP contribution is 2.39. The molecule has 2 aliphatic heterocycles. The minimum atomic E-state index is -0.727. The predicted molar refractivity (Wildman–Crippen MR) is 99.3 cm³/mol. The number of likely N-dealkylation sites (tertiary alicyclic amines) is 1. The Bertz CT molecular complexity index is 837. The zero-order valence-corrected chi connectivity index (χ0v) is 15.3. The molecule has 2 aromatic carbocycles. The molecule has 142 valence electrons. The number of aliphatic carboxylic acids is 1. The van der Waals surface area contributed by atoms with Gasteiger partial charge in [-0.25, -0.2) is 0 Å². The highest BCUT2D eigenvalue weighted by atomic mass is 16.7. The third-order valence-electron chi connectivity index (χ3n) is 5.29. The summed E-state index contributed by atoms with van der Waals surface area (Å²) in [5.41, 5.74) is 2.12. The maximum atomic E-state index is 11.6. The van der Waals surface area contributed by atoms with Gasteiger partial charge in [0.25, 0.3) is 0 Å². The molecule has 1 fully saturated rings. The Kier molecular flexibility index (Phi) is 4.90. The van der Waals surface area contributed by atoms with Gasteiger partial charge in [-0.2, -0.15) is 0 Å². The number of methoxy groups -OCH3 is 1. The average molecular weight is 369 g/mol. The van der Waals surface area contributed by atoms with Crippen LogP contribution >= 0.6 is 0 Å². The third-order valence-corrected chi connectivity index (χ3v) is 5.29. The topological polar surface area (TPSA) is 68.2 Å². The van der Waals surface area contributed by atoms with Gasteiger partial charge in [0.1, 0.15) is 5.75 Å². The highest BCUT2D eigenvalue weighted by Gasteiger charge is 2.32. The van der Waals surface area contributed by atoms with E-state index in [9.17, 15) is 9.90 Å². The first kappa shape index (κ1) is 17.7. The summed E-state index contributed by atoms with van der Waals surface area (Å²) in [4.78, 5) is 13.8. The molecule has 4 rings (SSSR count). The minimum Gasteiger partial charge on any atom is -0.497 e.